The Morgan fingerprint density at radius 1 is 1.36 bits per heavy atom. The van der Waals surface area contributed by atoms with Crippen molar-refractivity contribution in [3.05, 3.63) is 55.2 Å². The van der Waals surface area contributed by atoms with Gasteiger partial charge < -0.3 is 14.3 Å². The second-order valence-corrected chi connectivity index (χ2v) is 10.1. The van der Waals surface area contributed by atoms with Crippen molar-refractivity contribution in [1.29, 1.82) is 5.26 Å². The summed E-state index contributed by atoms with van der Waals surface area (Å²) in [7, 11) is 0. The molecule has 1 aliphatic carbocycles. The molecular weight excluding hydrogens is 436 g/mol. The van der Waals surface area contributed by atoms with Gasteiger partial charge in [-0.1, -0.05) is 13.8 Å². The van der Waals surface area contributed by atoms with Crippen LogP contribution >= 0.6 is 11.3 Å². The Balaban J connectivity index is 1.53. The first-order chi connectivity index (χ1) is 15.8. The van der Waals surface area contributed by atoms with Crippen molar-refractivity contribution in [1.82, 2.24) is 14.5 Å². The van der Waals surface area contributed by atoms with Gasteiger partial charge in [-0.25, -0.2) is 9.78 Å². The number of hydrogen-bond acceptors (Lipinski definition) is 6. The summed E-state index contributed by atoms with van der Waals surface area (Å²) in [4.78, 5) is 34.4. The molecule has 0 amide bonds. The highest BCUT2D eigenvalue weighted by Gasteiger charge is 2.20. The maximum atomic E-state index is 12.7. The molecule has 0 bridgehead atoms. The van der Waals surface area contributed by atoms with Crippen LogP contribution in [-0.4, -0.2) is 20.5 Å². The zero-order valence-corrected chi connectivity index (χ0v) is 20.3. The van der Waals surface area contributed by atoms with E-state index in [0.29, 0.717) is 16.1 Å². The van der Waals surface area contributed by atoms with Crippen LogP contribution in [0.5, 0.6) is 0 Å². The average Bonchev–Trinajstić information content (AvgIpc) is 3.28. The molecule has 3 aromatic heterocycles. The van der Waals surface area contributed by atoms with Crippen LogP contribution in [-0.2, 0) is 35.5 Å². The summed E-state index contributed by atoms with van der Waals surface area (Å²) < 4.78 is 7.52. The molecule has 0 saturated carbocycles. The van der Waals surface area contributed by atoms with E-state index in [9.17, 15) is 14.9 Å². The number of ether oxygens (including phenoxy) is 1. The Bertz CT molecular complexity index is 1350. The molecule has 1 aliphatic rings. The number of esters is 1. The molecule has 0 spiro atoms. The normalized spacial score (nSPS) is 13.9. The Labute approximate surface area is 196 Å². The number of aromatic nitrogens is 3. The summed E-state index contributed by atoms with van der Waals surface area (Å²) in [6, 6.07) is 3.91. The third-order valence-corrected chi connectivity index (χ3v) is 7.20. The van der Waals surface area contributed by atoms with Gasteiger partial charge in [-0.15, -0.1) is 11.3 Å². The fourth-order valence-corrected chi connectivity index (χ4v) is 5.68. The van der Waals surface area contributed by atoms with Gasteiger partial charge in [-0.05, 0) is 68.7 Å². The van der Waals surface area contributed by atoms with Crippen LogP contribution in [0.25, 0.3) is 16.3 Å². The molecule has 7 nitrogen and oxygen atoms in total. The number of hydrogen-bond donors (Lipinski definition) is 1. The lowest BCUT2D eigenvalue weighted by Gasteiger charge is -2.12. The predicted molar refractivity (Wildman–Crippen MR) is 129 cm³/mol. The smallest absolute Gasteiger partial charge is 0.349 e. The lowest BCUT2D eigenvalue weighted by atomic mass is 9.97. The van der Waals surface area contributed by atoms with E-state index in [1.165, 1.54) is 4.88 Å². The SMILES string of the molecule is Cc1cc(/C=C(/C#N)C(=O)OCc2nc3sc4c(c3c(=O)[nH]2)CCCC4)c(C)n1CC(C)C. The Kier molecular flexibility index (Phi) is 6.52. The second kappa shape index (κ2) is 9.36. The van der Waals surface area contributed by atoms with Crippen LogP contribution in [0.2, 0.25) is 0 Å². The van der Waals surface area contributed by atoms with Gasteiger partial charge >= 0.3 is 5.97 Å². The summed E-state index contributed by atoms with van der Waals surface area (Å²) in [6.07, 6.45) is 5.66. The molecule has 3 heterocycles. The van der Waals surface area contributed by atoms with Gasteiger partial charge in [0.05, 0.1) is 5.39 Å². The van der Waals surface area contributed by atoms with Crippen LogP contribution in [0.3, 0.4) is 0 Å². The first-order valence-corrected chi connectivity index (χ1v) is 12.1. The number of rotatable bonds is 6. The fourth-order valence-electron chi connectivity index (χ4n) is 4.40. The second-order valence-electron chi connectivity index (χ2n) is 8.98. The standard InChI is InChI=1S/C25H28N4O3S/c1-14(2)12-29-15(3)9-17(16(29)4)10-18(11-26)25(31)32-13-21-27-23(30)22-19-7-5-6-8-20(19)33-24(22)28-21/h9-10,14H,5-8,12-13H2,1-4H3,(H,27,28,30)/b18-10-. The Hall–Kier alpha value is -3.18. The molecule has 8 heteroatoms. The molecule has 4 rings (SSSR count). The number of fused-ring (bicyclic) bond motifs is 3. The van der Waals surface area contributed by atoms with Crippen LogP contribution in [0.15, 0.2) is 16.4 Å². The van der Waals surface area contributed by atoms with E-state index in [4.69, 9.17) is 4.74 Å². The zero-order valence-electron chi connectivity index (χ0n) is 19.4. The lowest BCUT2D eigenvalue weighted by Crippen LogP contribution is -2.15. The number of nitriles is 1. The van der Waals surface area contributed by atoms with Gasteiger partial charge in [0.2, 0.25) is 0 Å². The molecule has 0 saturated heterocycles. The fraction of sp³-hybridized carbons (Fsp3) is 0.440. The van der Waals surface area contributed by atoms with Crippen LogP contribution < -0.4 is 5.56 Å². The van der Waals surface area contributed by atoms with Crippen LogP contribution in [0.1, 0.15) is 59.9 Å². The highest BCUT2D eigenvalue weighted by atomic mass is 32.1. The van der Waals surface area contributed by atoms with Crippen molar-refractivity contribution in [2.45, 2.75) is 66.5 Å². The Morgan fingerprint density at radius 3 is 2.85 bits per heavy atom. The summed E-state index contributed by atoms with van der Waals surface area (Å²) in [5.74, 6) is 0.0270. The molecular formula is C25H28N4O3S. The molecule has 0 aromatic carbocycles. The highest BCUT2D eigenvalue weighted by Crippen LogP contribution is 2.33. The maximum Gasteiger partial charge on any atom is 0.349 e. The third kappa shape index (κ3) is 4.64. The third-order valence-electron chi connectivity index (χ3n) is 6.01. The van der Waals surface area contributed by atoms with E-state index in [2.05, 4.69) is 28.4 Å². The largest absolute Gasteiger partial charge is 0.453 e. The molecule has 33 heavy (non-hydrogen) atoms. The summed E-state index contributed by atoms with van der Waals surface area (Å²) in [5.41, 5.74) is 3.72. The minimum Gasteiger partial charge on any atom is -0.453 e. The van der Waals surface area contributed by atoms with E-state index in [0.717, 1.165) is 54.7 Å². The number of carbonyl (C=O) groups excluding carboxylic acids is 1. The van der Waals surface area contributed by atoms with Gasteiger partial charge in [0.25, 0.3) is 5.56 Å². The van der Waals surface area contributed by atoms with Crippen molar-refractivity contribution < 1.29 is 9.53 Å². The van der Waals surface area contributed by atoms with E-state index in [1.807, 2.05) is 26.0 Å². The number of aryl methyl sites for hydroxylation is 3. The van der Waals surface area contributed by atoms with Gasteiger partial charge in [0.1, 0.15) is 28.9 Å². The number of nitrogens with zero attached hydrogens (tertiary/aromatic N) is 3. The average molecular weight is 465 g/mol. The minimum atomic E-state index is -0.737. The van der Waals surface area contributed by atoms with Crippen molar-refractivity contribution in [3.63, 3.8) is 0 Å². The van der Waals surface area contributed by atoms with Crippen molar-refractivity contribution in [3.8, 4) is 6.07 Å². The molecule has 0 radical (unpaired) electrons. The number of H-pyrrole nitrogens is 1. The van der Waals surface area contributed by atoms with Gasteiger partial charge in [-0.2, -0.15) is 5.26 Å². The number of carbonyl (C=O) groups is 1. The zero-order chi connectivity index (χ0) is 23.7. The van der Waals surface area contributed by atoms with Crippen molar-refractivity contribution in [2.75, 3.05) is 0 Å². The highest BCUT2D eigenvalue weighted by molar-refractivity contribution is 7.18. The van der Waals surface area contributed by atoms with E-state index in [1.54, 1.807) is 17.4 Å². The van der Waals surface area contributed by atoms with Crippen LogP contribution in [0, 0.1) is 31.1 Å². The summed E-state index contributed by atoms with van der Waals surface area (Å²) in [6.45, 7) is 8.95. The van der Waals surface area contributed by atoms with Gasteiger partial charge in [0, 0.05) is 22.8 Å². The van der Waals surface area contributed by atoms with E-state index >= 15 is 0 Å². The number of aromatic amines is 1. The monoisotopic (exact) mass is 464 g/mol. The minimum absolute atomic E-state index is 0.0881. The summed E-state index contributed by atoms with van der Waals surface area (Å²) in [5, 5.41) is 10.2. The van der Waals surface area contributed by atoms with E-state index in [-0.39, 0.29) is 23.6 Å². The molecule has 0 atom stereocenters. The first kappa shape index (κ1) is 23.0. The maximum absolute atomic E-state index is 12.7. The number of nitrogens with one attached hydrogen (secondary N) is 1. The molecule has 1 N–H and O–H groups in total. The first-order valence-electron chi connectivity index (χ1n) is 11.3. The summed E-state index contributed by atoms with van der Waals surface area (Å²) >= 11 is 1.55. The molecule has 0 fully saturated rings. The Morgan fingerprint density at radius 2 is 2.12 bits per heavy atom. The lowest BCUT2D eigenvalue weighted by molar-refractivity contribution is -0.139. The topological polar surface area (TPSA) is 101 Å². The van der Waals surface area contributed by atoms with Crippen LogP contribution in [0.4, 0.5) is 0 Å². The molecule has 0 unspecified atom stereocenters. The molecule has 3 aromatic rings. The predicted octanol–water partition coefficient (Wildman–Crippen LogP) is 4.59. The molecule has 0 aliphatic heterocycles. The van der Waals surface area contributed by atoms with Crippen molar-refractivity contribution in [2.24, 2.45) is 5.92 Å². The molecule has 172 valence electrons. The van der Waals surface area contributed by atoms with Crippen molar-refractivity contribution >= 4 is 33.6 Å². The van der Waals surface area contributed by atoms with E-state index < -0.39 is 5.97 Å². The van der Waals surface area contributed by atoms with Gasteiger partial charge in [0.15, 0.2) is 0 Å². The number of thiophene rings is 1. The van der Waals surface area contributed by atoms with Gasteiger partial charge in [-0.3, -0.25) is 4.79 Å². The quantitative estimate of drug-likeness (QED) is 0.327.